The Balaban J connectivity index is 4.50. The van der Waals surface area contributed by atoms with Gasteiger partial charge in [0.2, 0.25) is 0 Å². The van der Waals surface area contributed by atoms with Crippen LogP contribution in [0.1, 0.15) is 27.7 Å². The van der Waals surface area contributed by atoms with E-state index in [2.05, 4.69) is 62.8 Å². The zero-order chi connectivity index (χ0) is 17.2. The minimum absolute atomic E-state index is 0.00603. The Morgan fingerprint density at radius 2 is 1.00 bits per heavy atom. The van der Waals surface area contributed by atoms with Gasteiger partial charge in [-0.2, -0.15) is 25.3 Å². The number of rotatable bonds is 13. The molecule has 4 nitrogen and oxygen atoms in total. The van der Waals surface area contributed by atoms with Crippen LogP contribution >= 0.6 is 25.3 Å². The first-order chi connectivity index (χ1) is 10.1. The fourth-order valence-corrected chi connectivity index (χ4v) is 2.76. The third-order valence-corrected chi connectivity index (χ3v) is 3.46. The molecule has 0 aliphatic heterocycles. The van der Waals surface area contributed by atoms with Crippen LogP contribution in [0.3, 0.4) is 0 Å². The Morgan fingerprint density at radius 3 is 1.23 bits per heavy atom. The molecule has 0 saturated carbocycles. The lowest BCUT2D eigenvalue weighted by atomic mass is 10.1. The molecule has 0 heterocycles. The maximum atomic E-state index is 5.23. The summed E-state index contributed by atoms with van der Waals surface area (Å²) in [5, 5.41) is 0. The van der Waals surface area contributed by atoms with Gasteiger partial charge < -0.3 is 9.47 Å². The highest BCUT2D eigenvalue weighted by molar-refractivity contribution is 7.82. The Morgan fingerprint density at radius 1 is 0.682 bits per heavy atom. The van der Waals surface area contributed by atoms with Crippen LogP contribution in [0.25, 0.3) is 0 Å². The standard InChI is InChI=1S/C16H36N2O2S2/c1-15(2,21)13-17(9-11-19-5)7-8-18(10-12-20-6)14-16(3,4)22/h21-22H,7-14H2,1-6H3. The normalized spacial score (nSPS) is 13.4. The van der Waals surface area contributed by atoms with E-state index in [1.54, 1.807) is 14.2 Å². The van der Waals surface area contributed by atoms with Crippen LogP contribution in [0.15, 0.2) is 0 Å². The van der Waals surface area contributed by atoms with Gasteiger partial charge in [-0.1, -0.05) is 0 Å². The largest absolute Gasteiger partial charge is 0.383 e. The molecule has 0 aliphatic rings. The third-order valence-electron chi connectivity index (χ3n) is 3.18. The van der Waals surface area contributed by atoms with Gasteiger partial charge in [-0.25, -0.2) is 0 Å². The fourth-order valence-electron chi connectivity index (χ4n) is 2.36. The molecule has 0 radical (unpaired) electrons. The summed E-state index contributed by atoms with van der Waals surface area (Å²) >= 11 is 9.32. The topological polar surface area (TPSA) is 24.9 Å². The lowest BCUT2D eigenvalue weighted by molar-refractivity contribution is 0.113. The Hall–Kier alpha value is 0.540. The monoisotopic (exact) mass is 352 g/mol. The molecular weight excluding hydrogens is 316 g/mol. The molecule has 134 valence electrons. The maximum Gasteiger partial charge on any atom is 0.0589 e. The minimum Gasteiger partial charge on any atom is -0.383 e. The molecule has 0 aromatic heterocycles. The van der Waals surface area contributed by atoms with E-state index in [1.807, 2.05) is 0 Å². The average Bonchev–Trinajstić information content (AvgIpc) is 2.35. The molecule has 0 unspecified atom stereocenters. The number of methoxy groups -OCH3 is 2. The van der Waals surface area contributed by atoms with Gasteiger partial charge in [0.1, 0.15) is 0 Å². The summed E-state index contributed by atoms with van der Waals surface area (Å²) in [5.41, 5.74) is 0. The van der Waals surface area contributed by atoms with Crippen molar-refractivity contribution in [2.75, 3.05) is 66.7 Å². The first-order valence-electron chi connectivity index (χ1n) is 7.95. The number of hydrogen-bond acceptors (Lipinski definition) is 6. The van der Waals surface area contributed by atoms with Crippen molar-refractivity contribution in [3.63, 3.8) is 0 Å². The number of hydrogen-bond donors (Lipinski definition) is 2. The third kappa shape index (κ3) is 14.2. The van der Waals surface area contributed by atoms with Crippen LogP contribution in [0.4, 0.5) is 0 Å². The van der Waals surface area contributed by atoms with Crippen molar-refractivity contribution in [3.05, 3.63) is 0 Å². The van der Waals surface area contributed by atoms with Crippen LogP contribution in [0, 0.1) is 0 Å². The molecule has 0 bridgehead atoms. The Kier molecular flexibility index (Phi) is 11.4. The van der Waals surface area contributed by atoms with E-state index in [4.69, 9.17) is 9.47 Å². The van der Waals surface area contributed by atoms with Crippen LogP contribution in [-0.2, 0) is 9.47 Å². The first kappa shape index (κ1) is 22.5. The molecule has 6 heteroatoms. The highest BCUT2D eigenvalue weighted by Gasteiger charge is 2.20. The van der Waals surface area contributed by atoms with Crippen molar-refractivity contribution in [1.82, 2.24) is 9.80 Å². The predicted octanol–water partition coefficient (Wildman–Crippen LogP) is 2.30. The number of ether oxygens (including phenoxy) is 2. The molecule has 0 aliphatic carbocycles. The van der Waals surface area contributed by atoms with Gasteiger partial charge in [-0.15, -0.1) is 0 Å². The van der Waals surface area contributed by atoms with Crippen molar-refractivity contribution >= 4 is 25.3 Å². The smallest absolute Gasteiger partial charge is 0.0589 e. The van der Waals surface area contributed by atoms with Crippen LogP contribution in [0.2, 0.25) is 0 Å². The van der Waals surface area contributed by atoms with Crippen molar-refractivity contribution in [2.45, 2.75) is 37.2 Å². The SMILES string of the molecule is COCCN(CCN(CCOC)CC(C)(C)S)CC(C)(C)S. The summed E-state index contributed by atoms with van der Waals surface area (Å²) in [4.78, 5) is 4.84. The summed E-state index contributed by atoms with van der Waals surface area (Å²) in [5.74, 6) is 0. The summed E-state index contributed by atoms with van der Waals surface area (Å²) < 4.78 is 10.4. The zero-order valence-corrected chi connectivity index (χ0v) is 17.1. The second-order valence-electron chi connectivity index (χ2n) is 7.16. The highest BCUT2D eigenvalue weighted by Crippen LogP contribution is 2.15. The van der Waals surface area contributed by atoms with Gasteiger partial charge >= 0.3 is 0 Å². The van der Waals surface area contributed by atoms with Gasteiger partial charge in [0.15, 0.2) is 0 Å². The average molecular weight is 353 g/mol. The molecule has 0 atom stereocenters. The van der Waals surface area contributed by atoms with Crippen LogP contribution < -0.4 is 0 Å². The van der Waals surface area contributed by atoms with Gasteiger partial charge in [0, 0.05) is 63.0 Å². The number of nitrogens with zero attached hydrogens (tertiary/aromatic N) is 2. The molecule has 0 spiro atoms. The number of thiol groups is 2. The summed E-state index contributed by atoms with van der Waals surface area (Å²) in [6, 6.07) is 0. The zero-order valence-electron chi connectivity index (χ0n) is 15.3. The van der Waals surface area contributed by atoms with E-state index in [1.165, 1.54) is 0 Å². The van der Waals surface area contributed by atoms with E-state index in [0.29, 0.717) is 0 Å². The molecule has 0 aromatic rings. The highest BCUT2D eigenvalue weighted by atomic mass is 32.1. The van der Waals surface area contributed by atoms with Crippen molar-refractivity contribution in [3.8, 4) is 0 Å². The van der Waals surface area contributed by atoms with Crippen LogP contribution in [0.5, 0.6) is 0 Å². The summed E-state index contributed by atoms with van der Waals surface area (Å²) in [6.07, 6.45) is 0. The Bertz CT molecular complexity index is 250. The quantitative estimate of drug-likeness (QED) is 0.497. The van der Waals surface area contributed by atoms with Gasteiger partial charge in [-0.3, -0.25) is 9.80 Å². The lowest BCUT2D eigenvalue weighted by Gasteiger charge is -2.33. The second kappa shape index (κ2) is 11.2. The van der Waals surface area contributed by atoms with E-state index in [0.717, 1.165) is 52.5 Å². The molecule has 0 rings (SSSR count). The molecule has 0 N–H and O–H groups in total. The van der Waals surface area contributed by atoms with Crippen molar-refractivity contribution < 1.29 is 9.47 Å². The molecule has 0 amide bonds. The first-order valence-corrected chi connectivity index (χ1v) is 8.84. The van der Waals surface area contributed by atoms with E-state index in [-0.39, 0.29) is 9.49 Å². The molecular formula is C16H36N2O2S2. The summed E-state index contributed by atoms with van der Waals surface area (Å²) in [7, 11) is 3.50. The second-order valence-corrected chi connectivity index (χ2v) is 9.58. The van der Waals surface area contributed by atoms with Gasteiger partial charge in [-0.05, 0) is 27.7 Å². The lowest BCUT2D eigenvalue weighted by Crippen LogP contribution is -2.45. The fraction of sp³-hybridized carbons (Fsp3) is 1.00. The van der Waals surface area contributed by atoms with Crippen molar-refractivity contribution in [1.29, 1.82) is 0 Å². The van der Waals surface area contributed by atoms with E-state index >= 15 is 0 Å². The van der Waals surface area contributed by atoms with Crippen molar-refractivity contribution in [2.24, 2.45) is 0 Å². The minimum atomic E-state index is -0.00603. The van der Waals surface area contributed by atoms with E-state index in [9.17, 15) is 0 Å². The maximum absolute atomic E-state index is 5.23. The van der Waals surface area contributed by atoms with Gasteiger partial charge in [0.25, 0.3) is 0 Å². The predicted molar refractivity (Wildman–Crippen MR) is 103 cm³/mol. The molecule has 0 aromatic carbocycles. The van der Waals surface area contributed by atoms with E-state index < -0.39 is 0 Å². The van der Waals surface area contributed by atoms with Gasteiger partial charge in [0.05, 0.1) is 13.2 Å². The molecule has 0 fully saturated rings. The molecule has 0 saturated heterocycles. The molecule has 22 heavy (non-hydrogen) atoms. The Labute approximate surface area is 148 Å². The van der Waals surface area contributed by atoms with Crippen LogP contribution in [-0.4, -0.2) is 86.0 Å². The summed E-state index contributed by atoms with van der Waals surface area (Å²) in [6.45, 7) is 15.9.